The van der Waals surface area contributed by atoms with Crippen molar-refractivity contribution in [2.75, 3.05) is 0 Å². The number of rotatable bonds is 7. The largest absolute Gasteiger partial charge is 0.480 e. The highest BCUT2D eigenvalue weighted by molar-refractivity contribution is 5.96. The van der Waals surface area contributed by atoms with E-state index < -0.39 is 29.9 Å². The van der Waals surface area contributed by atoms with Gasteiger partial charge in [0.05, 0.1) is 6.26 Å². The van der Waals surface area contributed by atoms with Crippen LogP contribution in [0.1, 0.15) is 37.7 Å². The average Bonchev–Trinajstić information content (AvgIpc) is 2.97. The third kappa shape index (κ3) is 4.62. The molecule has 1 rings (SSSR count). The minimum Gasteiger partial charge on any atom is -0.480 e. The molecule has 1 aromatic rings. The van der Waals surface area contributed by atoms with Crippen molar-refractivity contribution < 1.29 is 23.9 Å². The van der Waals surface area contributed by atoms with E-state index in [0.29, 0.717) is 6.42 Å². The first-order valence-corrected chi connectivity index (χ1v) is 6.74. The van der Waals surface area contributed by atoms with Crippen LogP contribution in [0, 0.1) is 5.92 Å². The lowest BCUT2D eigenvalue weighted by atomic mass is 9.99. The molecule has 0 aliphatic heterocycles. The van der Waals surface area contributed by atoms with Gasteiger partial charge in [-0.1, -0.05) is 20.3 Å². The average molecular weight is 296 g/mol. The first-order chi connectivity index (χ1) is 9.86. The Hall–Kier alpha value is -2.31. The molecule has 0 aliphatic carbocycles. The third-order valence-corrected chi connectivity index (χ3v) is 3.26. The molecule has 1 unspecified atom stereocenters. The maximum Gasteiger partial charge on any atom is 0.326 e. The number of amides is 2. The molecule has 0 aliphatic rings. The maximum absolute atomic E-state index is 12.0. The lowest BCUT2D eigenvalue weighted by Crippen LogP contribution is -2.52. The van der Waals surface area contributed by atoms with Gasteiger partial charge in [0.2, 0.25) is 5.91 Å². The zero-order valence-electron chi connectivity index (χ0n) is 12.3. The van der Waals surface area contributed by atoms with Crippen LogP contribution in [0.25, 0.3) is 0 Å². The Balaban J connectivity index is 2.61. The van der Waals surface area contributed by atoms with Crippen LogP contribution in [-0.2, 0) is 9.59 Å². The number of carboxylic acid groups (broad SMARTS) is 1. The molecular weight excluding hydrogens is 276 g/mol. The molecule has 2 amide bonds. The van der Waals surface area contributed by atoms with Crippen molar-refractivity contribution in [1.82, 2.24) is 10.6 Å². The van der Waals surface area contributed by atoms with Gasteiger partial charge in [0.1, 0.15) is 12.1 Å². The number of carbonyl (C=O) groups is 3. The van der Waals surface area contributed by atoms with Crippen LogP contribution in [0.5, 0.6) is 0 Å². The molecule has 1 heterocycles. The van der Waals surface area contributed by atoms with Crippen LogP contribution in [0.15, 0.2) is 22.8 Å². The first kappa shape index (κ1) is 16.7. The molecule has 7 nitrogen and oxygen atoms in total. The lowest BCUT2D eigenvalue weighted by molar-refractivity contribution is -0.143. The Morgan fingerprint density at radius 2 is 1.95 bits per heavy atom. The lowest BCUT2D eigenvalue weighted by Gasteiger charge is -2.22. The van der Waals surface area contributed by atoms with Gasteiger partial charge in [-0.3, -0.25) is 9.59 Å². The Kier molecular flexibility index (Phi) is 5.95. The van der Waals surface area contributed by atoms with Crippen molar-refractivity contribution >= 4 is 17.8 Å². The van der Waals surface area contributed by atoms with E-state index in [0.717, 1.165) is 0 Å². The molecule has 116 valence electrons. The van der Waals surface area contributed by atoms with Gasteiger partial charge in [-0.2, -0.15) is 0 Å². The molecule has 0 bridgehead atoms. The van der Waals surface area contributed by atoms with Crippen molar-refractivity contribution in [3.05, 3.63) is 24.2 Å². The molecule has 0 spiro atoms. The second-order valence-corrected chi connectivity index (χ2v) is 4.88. The quantitative estimate of drug-likeness (QED) is 0.696. The summed E-state index contributed by atoms with van der Waals surface area (Å²) in [5.74, 6) is -2.30. The second-order valence-electron chi connectivity index (χ2n) is 4.88. The summed E-state index contributed by atoms with van der Waals surface area (Å²) in [5, 5.41) is 14.0. The van der Waals surface area contributed by atoms with Crippen LogP contribution in [0.4, 0.5) is 0 Å². The monoisotopic (exact) mass is 296 g/mol. The molecular formula is C14H20N2O5. The van der Waals surface area contributed by atoms with E-state index in [1.54, 1.807) is 13.0 Å². The van der Waals surface area contributed by atoms with E-state index in [9.17, 15) is 14.4 Å². The van der Waals surface area contributed by atoms with Gasteiger partial charge >= 0.3 is 5.97 Å². The highest BCUT2D eigenvalue weighted by Crippen LogP contribution is 2.08. The van der Waals surface area contributed by atoms with Gasteiger partial charge < -0.3 is 20.2 Å². The minimum atomic E-state index is -1.10. The fraction of sp³-hybridized carbons (Fsp3) is 0.500. The summed E-state index contributed by atoms with van der Waals surface area (Å²) in [4.78, 5) is 34.8. The van der Waals surface area contributed by atoms with Crippen LogP contribution in [0.2, 0.25) is 0 Å². The maximum atomic E-state index is 12.0. The molecule has 0 aromatic carbocycles. The van der Waals surface area contributed by atoms with E-state index in [4.69, 9.17) is 9.52 Å². The van der Waals surface area contributed by atoms with Crippen molar-refractivity contribution in [3.8, 4) is 0 Å². The Morgan fingerprint density at radius 3 is 2.43 bits per heavy atom. The summed E-state index contributed by atoms with van der Waals surface area (Å²) in [5.41, 5.74) is 0. The van der Waals surface area contributed by atoms with Crippen LogP contribution in [0.3, 0.4) is 0 Å². The Bertz CT molecular complexity index is 497. The van der Waals surface area contributed by atoms with Gasteiger partial charge in [0.15, 0.2) is 5.76 Å². The highest BCUT2D eigenvalue weighted by atomic mass is 16.4. The SMILES string of the molecule is CC[C@H](C)[C@H](NC(=O)C(C)NC(=O)c1ccco1)C(=O)O. The summed E-state index contributed by atoms with van der Waals surface area (Å²) in [6.45, 7) is 5.06. The van der Waals surface area contributed by atoms with Crippen molar-refractivity contribution in [3.63, 3.8) is 0 Å². The zero-order valence-corrected chi connectivity index (χ0v) is 12.3. The van der Waals surface area contributed by atoms with Gasteiger partial charge in [-0.25, -0.2) is 4.79 Å². The van der Waals surface area contributed by atoms with E-state index >= 15 is 0 Å². The smallest absolute Gasteiger partial charge is 0.326 e. The van der Waals surface area contributed by atoms with E-state index in [1.807, 2.05) is 6.92 Å². The first-order valence-electron chi connectivity index (χ1n) is 6.74. The normalized spacial score (nSPS) is 14.8. The summed E-state index contributed by atoms with van der Waals surface area (Å²) >= 11 is 0. The fourth-order valence-corrected chi connectivity index (χ4v) is 1.70. The van der Waals surface area contributed by atoms with E-state index in [1.165, 1.54) is 19.3 Å². The number of carboxylic acids is 1. The van der Waals surface area contributed by atoms with Crippen molar-refractivity contribution in [2.24, 2.45) is 5.92 Å². The van der Waals surface area contributed by atoms with Gasteiger partial charge in [-0.05, 0) is 25.0 Å². The predicted molar refractivity (Wildman–Crippen MR) is 74.7 cm³/mol. The topological polar surface area (TPSA) is 109 Å². The van der Waals surface area contributed by atoms with Crippen LogP contribution < -0.4 is 10.6 Å². The number of furan rings is 1. The molecule has 3 atom stereocenters. The summed E-state index contributed by atoms with van der Waals surface area (Å²) < 4.78 is 4.91. The number of aliphatic carboxylic acids is 1. The van der Waals surface area contributed by atoms with Crippen molar-refractivity contribution in [2.45, 2.75) is 39.3 Å². The third-order valence-electron chi connectivity index (χ3n) is 3.26. The molecule has 0 saturated carbocycles. The van der Waals surface area contributed by atoms with Gasteiger partial charge in [0.25, 0.3) is 5.91 Å². The molecule has 7 heteroatoms. The number of carbonyl (C=O) groups excluding carboxylic acids is 2. The number of hydrogen-bond donors (Lipinski definition) is 3. The van der Waals surface area contributed by atoms with E-state index in [-0.39, 0.29) is 11.7 Å². The van der Waals surface area contributed by atoms with Crippen LogP contribution >= 0.6 is 0 Å². The highest BCUT2D eigenvalue weighted by Gasteiger charge is 2.28. The predicted octanol–water partition coefficient (Wildman–Crippen LogP) is 1.01. The summed E-state index contributed by atoms with van der Waals surface area (Å²) in [6.07, 6.45) is 1.97. The number of hydrogen-bond acceptors (Lipinski definition) is 4. The number of nitrogens with one attached hydrogen (secondary N) is 2. The van der Waals surface area contributed by atoms with Gasteiger partial charge in [-0.15, -0.1) is 0 Å². The molecule has 3 N–H and O–H groups in total. The molecule has 21 heavy (non-hydrogen) atoms. The molecule has 1 aromatic heterocycles. The molecule has 0 fully saturated rings. The second kappa shape index (κ2) is 7.47. The minimum absolute atomic E-state index is 0.0892. The molecule has 0 saturated heterocycles. The van der Waals surface area contributed by atoms with Crippen LogP contribution in [-0.4, -0.2) is 35.0 Å². The summed E-state index contributed by atoms with van der Waals surface area (Å²) in [7, 11) is 0. The fourth-order valence-electron chi connectivity index (χ4n) is 1.70. The Morgan fingerprint density at radius 1 is 1.29 bits per heavy atom. The van der Waals surface area contributed by atoms with E-state index in [2.05, 4.69) is 10.6 Å². The summed E-state index contributed by atoms with van der Waals surface area (Å²) in [6, 6.07) is 1.18. The van der Waals surface area contributed by atoms with Gasteiger partial charge in [0, 0.05) is 0 Å². The Labute approximate surface area is 122 Å². The zero-order chi connectivity index (χ0) is 16.0. The molecule has 0 radical (unpaired) electrons. The standard InChI is InChI=1S/C14H20N2O5/c1-4-8(2)11(14(19)20)16-12(17)9(3)15-13(18)10-6-5-7-21-10/h5-9,11H,4H2,1-3H3,(H,15,18)(H,16,17)(H,19,20)/t8-,9?,11-/m0/s1. The van der Waals surface area contributed by atoms with Crippen molar-refractivity contribution in [1.29, 1.82) is 0 Å².